The third-order valence-corrected chi connectivity index (χ3v) is 9.34. The Labute approximate surface area is 263 Å². The topological polar surface area (TPSA) is 86.8 Å². The van der Waals surface area contributed by atoms with Crippen molar-refractivity contribution in [1.29, 1.82) is 0 Å². The molecule has 1 atom stereocenters. The number of nitrogens with zero attached hydrogens (tertiary/aromatic N) is 2. The van der Waals surface area contributed by atoms with Crippen molar-refractivity contribution in [3.63, 3.8) is 0 Å². The third kappa shape index (κ3) is 8.38. The zero-order valence-electron chi connectivity index (χ0n) is 23.7. The Morgan fingerprint density at radius 3 is 2.00 bits per heavy atom. The van der Waals surface area contributed by atoms with E-state index in [1.165, 1.54) is 17.0 Å². The highest BCUT2D eigenvalue weighted by atomic mass is 35.5. The fourth-order valence-corrected chi connectivity index (χ4v) is 6.35. The summed E-state index contributed by atoms with van der Waals surface area (Å²) in [5.74, 6) is -0.890. The number of amides is 2. The zero-order chi connectivity index (χ0) is 30.8. The minimum atomic E-state index is -4.14. The lowest BCUT2D eigenvalue weighted by atomic mass is 10.0. The molecule has 0 unspecified atom stereocenters. The molecule has 43 heavy (non-hydrogen) atoms. The van der Waals surface area contributed by atoms with Crippen molar-refractivity contribution in [2.45, 2.75) is 37.2 Å². The molecule has 2 amide bonds. The molecule has 0 bridgehead atoms. The van der Waals surface area contributed by atoms with Crippen molar-refractivity contribution >= 4 is 50.7 Å². The van der Waals surface area contributed by atoms with Gasteiger partial charge in [0, 0.05) is 19.5 Å². The van der Waals surface area contributed by atoms with Crippen LogP contribution in [0, 0.1) is 0 Å². The standard InChI is InChI=1S/C33H33Cl2N3O4S/c1-2-20-36-33(40)31(22-25-12-6-3-7-13-25)37(23-26-18-19-29(34)30(35)21-26)32(39)24-38(27-14-8-4-9-15-27)43(41,42)28-16-10-5-11-17-28/h3-19,21,31H,2,20,22-24H2,1H3,(H,36,40)/t31-/m0/s1. The second-order valence-electron chi connectivity index (χ2n) is 9.93. The first kappa shape index (κ1) is 32.1. The second kappa shape index (κ2) is 15.0. The number of nitrogens with one attached hydrogen (secondary N) is 1. The van der Waals surface area contributed by atoms with E-state index in [4.69, 9.17) is 23.2 Å². The van der Waals surface area contributed by atoms with E-state index in [1.807, 2.05) is 37.3 Å². The Balaban J connectivity index is 1.78. The highest BCUT2D eigenvalue weighted by Crippen LogP contribution is 2.27. The fraction of sp³-hybridized carbons (Fsp3) is 0.212. The van der Waals surface area contributed by atoms with Gasteiger partial charge in [-0.25, -0.2) is 8.42 Å². The van der Waals surface area contributed by atoms with Crippen LogP contribution >= 0.6 is 23.2 Å². The minimum Gasteiger partial charge on any atom is -0.354 e. The van der Waals surface area contributed by atoms with E-state index in [0.29, 0.717) is 34.3 Å². The van der Waals surface area contributed by atoms with Crippen molar-refractivity contribution in [3.05, 3.63) is 130 Å². The number of rotatable bonds is 13. The molecule has 0 spiro atoms. The highest BCUT2D eigenvalue weighted by molar-refractivity contribution is 7.92. The van der Waals surface area contributed by atoms with E-state index in [9.17, 15) is 18.0 Å². The molecule has 0 aliphatic rings. The van der Waals surface area contributed by atoms with Gasteiger partial charge in [0.05, 0.1) is 20.6 Å². The SMILES string of the molecule is CCCNC(=O)[C@H](Cc1ccccc1)N(Cc1ccc(Cl)c(Cl)c1)C(=O)CN(c1ccccc1)S(=O)(=O)c1ccccc1. The summed E-state index contributed by atoms with van der Waals surface area (Å²) in [5.41, 5.74) is 1.81. The lowest BCUT2D eigenvalue weighted by Crippen LogP contribution is -2.53. The first-order valence-electron chi connectivity index (χ1n) is 13.9. The summed E-state index contributed by atoms with van der Waals surface area (Å²) in [4.78, 5) is 29.5. The third-order valence-electron chi connectivity index (χ3n) is 6.81. The van der Waals surface area contributed by atoms with Gasteiger partial charge in [-0.05, 0) is 53.9 Å². The molecule has 0 saturated heterocycles. The summed E-state index contributed by atoms with van der Waals surface area (Å²) in [6, 6.07) is 29.8. The molecule has 0 heterocycles. The van der Waals surface area contributed by atoms with Crippen LogP contribution in [-0.2, 0) is 32.6 Å². The highest BCUT2D eigenvalue weighted by Gasteiger charge is 2.34. The molecule has 7 nitrogen and oxygen atoms in total. The minimum absolute atomic E-state index is 0.000776. The largest absolute Gasteiger partial charge is 0.354 e. The van der Waals surface area contributed by atoms with Crippen LogP contribution in [0.25, 0.3) is 0 Å². The number of anilines is 1. The lowest BCUT2D eigenvalue weighted by Gasteiger charge is -2.34. The number of halogens is 2. The molecule has 1 N–H and O–H groups in total. The molecule has 4 aromatic carbocycles. The van der Waals surface area contributed by atoms with Gasteiger partial charge in [0.2, 0.25) is 11.8 Å². The Kier molecular flexibility index (Phi) is 11.2. The fourth-order valence-electron chi connectivity index (χ4n) is 4.60. The summed E-state index contributed by atoms with van der Waals surface area (Å²) in [7, 11) is -4.14. The van der Waals surface area contributed by atoms with Gasteiger partial charge in [-0.15, -0.1) is 0 Å². The molecule has 0 aromatic heterocycles. The van der Waals surface area contributed by atoms with E-state index >= 15 is 0 Å². The number of carbonyl (C=O) groups excluding carboxylic acids is 2. The molecule has 0 aliphatic heterocycles. The maximum atomic E-state index is 14.4. The maximum absolute atomic E-state index is 14.4. The van der Waals surface area contributed by atoms with Gasteiger partial charge in [-0.3, -0.25) is 13.9 Å². The zero-order valence-corrected chi connectivity index (χ0v) is 26.0. The number of hydrogen-bond donors (Lipinski definition) is 1. The summed E-state index contributed by atoms with van der Waals surface area (Å²) in [6.45, 7) is 1.84. The van der Waals surface area contributed by atoms with Crippen molar-refractivity contribution in [3.8, 4) is 0 Å². The molecule has 0 radical (unpaired) electrons. The summed E-state index contributed by atoms with van der Waals surface area (Å²) in [5, 5.41) is 3.58. The monoisotopic (exact) mass is 637 g/mol. The van der Waals surface area contributed by atoms with Crippen LogP contribution in [0.5, 0.6) is 0 Å². The molecule has 4 rings (SSSR count). The van der Waals surface area contributed by atoms with Crippen molar-refractivity contribution < 1.29 is 18.0 Å². The molecular weight excluding hydrogens is 605 g/mol. The van der Waals surface area contributed by atoms with Crippen LogP contribution < -0.4 is 9.62 Å². The quantitative estimate of drug-likeness (QED) is 0.185. The number of para-hydroxylation sites is 1. The smallest absolute Gasteiger partial charge is 0.264 e. The van der Waals surface area contributed by atoms with Gasteiger partial charge in [-0.2, -0.15) is 0 Å². The number of carbonyl (C=O) groups is 2. The first-order valence-corrected chi connectivity index (χ1v) is 16.1. The molecule has 10 heteroatoms. The predicted molar refractivity (Wildman–Crippen MR) is 172 cm³/mol. The lowest BCUT2D eigenvalue weighted by molar-refractivity contribution is -0.140. The summed E-state index contributed by atoms with van der Waals surface area (Å²) >= 11 is 12.5. The number of benzene rings is 4. The summed E-state index contributed by atoms with van der Waals surface area (Å²) < 4.78 is 28.9. The average molecular weight is 639 g/mol. The van der Waals surface area contributed by atoms with Gasteiger partial charge < -0.3 is 10.2 Å². The van der Waals surface area contributed by atoms with Crippen LogP contribution in [0.1, 0.15) is 24.5 Å². The van der Waals surface area contributed by atoms with Crippen LogP contribution in [-0.4, -0.2) is 44.3 Å². The maximum Gasteiger partial charge on any atom is 0.264 e. The molecular formula is C33H33Cl2N3O4S. The van der Waals surface area contributed by atoms with Crippen LogP contribution in [0.4, 0.5) is 5.69 Å². The Morgan fingerprint density at radius 1 is 0.791 bits per heavy atom. The van der Waals surface area contributed by atoms with Crippen LogP contribution in [0.15, 0.2) is 114 Å². The molecule has 224 valence electrons. The van der Waals surface area contributed by atoms with Crippen molar-refractivity contribution in [1.82, 2.24) is 10.2 Å². The molecule has 0 aliphatic carbocycles. The number of hydrogen-bond acceptors (Lipinski definition) is 4. The van der Waals surface area contributed by atoms with Crippen molar-refractivity contribution in [2.75, 3.05) is 17.4 Å². The van der Waals surface area contributed by atoms with Crippen LogP contribution in [0.3, 0.4) is 0 Å². The normalized spacial score (nSPS) is 11.9. The summed E-state index contributed by atoms with van der Waals surface area (Å²) in [6.07, 6.45) is 0.932. The van der Waals surface area contributed by atoms with E-state index in [1.54, 1.807) is 66.7 Å². The Bertz CT molecular complexity index is 1620. The van der Waals surface area contributed by atoms with Gasteiger partial charge in [0.15, 0.2) is 0 Å². The molecule has 4 aromatic rings. The van der Waals surface area contributed by atoms with Gasteiger partial charge >= 0.3 is 0 Å². The molecule has 0 fully saturated rings. The average Bonchev–Trinajstić information content (AvgIpc) is 3.03. The first-order chi connectivity index (χ1) is 20.7. The second-order valence-corrected chi connectivity index (χ2v) is 12.6. The van der Waals surface area contributed by atoms with E-state index in [0.717, 1.165) is 9.87 Å². The number of sulfonamides is 1. The van der Waals surface area contributed by atoms with E-state index in [2.05, 4.69) is 5.32 Å². The van der Waals surface area contributed by atoms with Gasteiger partial charge in [-0.1, -0.05) is 103 Å². The van der Waals surface area contributed by atoms with Crippen LogP contribution in [0.2, 0.25) is 10.0 Å². The molecule has 0 saturated carbocycles. The Hall–Kier alpha value is -3.85. The van der Waals surface area contributed by atoms with Gasteiger partial charge in [0.25, 0.3) is 10.0 Å². The van der Waals surface area contributed by atoms with Gasteiger partial charge in [0.1, 0.15) is 12.6 Å². The Morgan fingerprint density at radius 2 is 1.40 bits per heavy atom. The van der Waals surface area contributed by atoms with E-state index < -0.39 is 28.5 Å². The van der Waals surface area contributed by atoms with Crippen molar-refractivity contribution in [2.24, 2.45) is 0 Å². The van der Waals surface area contributed by atoms with E-state index in [-0.39, 0.29) is 23.8 Å². The predicted octanol–water partition coefficient (Wildman–Crippen LogP) is 6.36.